The van der Waals surface area contributed by atoms with Crippen LogP contribution in [0.2, 0.25) is 0 Å². The maximum atomic E-state index is 3.64. The first-order valence-electron chi connectivity index (χ1n) is 7.44. The van der Waals surface area contributed by atoms with Gasteiger partial charge in [0.15, 0.2) is 0 Å². The molecule has 0 aromatic carbocycles. The van der Waals surface area contributed by atoms with Crippen LogP contribution >= 0.6 is 0 Å². The molecule has 3 nitrogen and oxygen atoms in total. The fraction of sp³-hybridized carbons (Fsp3) is 1.00. The van der Waals surface area contributed by atoms with Crippen molar-refractivity contribution in [2.45, 2.75) is 46.1 Å². The van der Waals surface area contributed by atoms with Gasteiger partial charge in [0.1, 0.15) is 0 Å². The lowest BCUT2D eigenvalue weighted by Gasteiger charge is -2.24. The Hall–Kier alpha value is -0.120. The molecule has 1 unspecified atom stereocenters. The van der Waals surface area contributed by atoms with Crippen LogP contribution in [0.25, 0.3) is 0 Å². The van der Waals surface area contributed by atoms with E-state index in [4.69, 9.17) is 0 Å². The van der Waals surface area contributed by atoms with E-state index in [-0.39, 0.29) is 0 Å². The van der Waals surface area contributed by atoms with Gasteiger partial charge in [-0.2, -0.15) is 0 Å². The van der Waals surface area contributed by atoms with Gasteiger partial charge >= 0.3 is 0 Å². The number of nitrogens with one attached hydrogen (secondary N) is 1. The third-order valence-corrected chi connectivity index (χ3v) is 3.77. The Morgan fingerprint density at radius 3 is 2.41 bits per heavy atom. The van der Waals surface area contributed by atoms with E-state index in [9.17, 15) is 0 Å². The van der Waals surface area contributed by atoms with Gasteiger partial charge in [-0.05, 0) is 65.5 Å². The van der Waals surface area contributed by atoms with E-state index in [1.54, 1.807) is 0 Å². The van der Waals surface area contributed by atoms with Gasteiger partial charge in [-0.15, -0.1) is 0 Å². The van der Waals surface area contributed by atoms with E-state index in [2.05, 4.69) is 35.9 Å². The van der Waals surface area contributed by atoms with Crippen LogP contribution in [0.3, 0.4) is 0 Å². The molecule has 1 aliphatic heterocycles. The van der Waals surface area contributed by atoms with Crippen LogP contribution in [0.5, 0.6) is 0 Å². The first-order chi connectivity index (χ1) is 8.26. The molecule has 0 saturated carbocycles. The predicted molar refractivity (Wildman–Crippen MR) is 75.5 cm³/mol. The molecule has 1 atom stereocenters. The minimum Gasteiger partial charge on any atom is -0.313 e. The Labute approximate surface area is 108 Å². The minimum atomic E-state index is 0.619. The Balaban J connectivity index is 1.97. The summed E-state index contributed by atoms with van der Waals surface area (Å²) < 4.78 is 0. The van der Waals surface area contributed by atoms with E-state index in [1.165, 1.54) is 52.0 Å². The topological polar surface area (TPSA) is 18.5 Å². The van der Waals surface area contributed by atoms with Gasteiger partial charge in [0, 0.05) is 12.6 Å². The summed E-state index contributed by atoms with van der Waals surface area (Å²) in [5.41, 5.74) is 0. The Morgan fingerprint density at radius 2 is 1.82 bits per heavy atom. The van der Waals surface area contributed by atoms with Crippen LogP contribution in [-0.2, 0) is 0 Å². The fourth-order valence-electron chi connectivity index (χ4n) is 2.59. The highest BCUT2D eigenvalue weighted by atomic mass is 15.1. The number of hydrogen-bond donors (Lipinski definition) is 1. The molecule has 0 bridgehead atoms. The highest BCUT2D eigenvalue weighted by Crippen LogP contribution is 2.06. The molecule has 1 heterocycles. The first kappa shape index (κ1) is 14.9. The SMILES string of the molecule is CCN(CC)CC(C)NCCCN1CCCC1. The van der Waals surface area contributed by atoms with Crippen LogP contribution in [0.4, 0.5) is 0 Å². The first-order valence-corrected chi connectivity index (χ1v) is 7.44. The number of rotatable bonds is 9. The van der Waals surface area contributed by atoms with E-state index >= 15 is 0 Å². The summed E-state index contributed by atoms with van der Waals surface area (Å²) in [5, 5.41) is 3.64. The zero-order valence-corrected chi connectivity index (χ0v) is 12.0. The molecule has 1 saturated heterocycles. The van der Waals surface area contributed by atoms with Crippen molar-refractivity contribution in [2.75, 3.05) is 45.8 Å². The van der Waals surface area contributed by atoms with Crippen LogP contribution in [0, 0.1) is 0 Å². The van der Waals surface area contributed by atoms with Crippen LogP contribution in [-0.4, -0.2) is 61.7 Å². The lowest BCUT2D eigenvalue weighted by molar-refractivity contribution is 0.267. The number of hydrogen-bond acceptors (Lipinski definition) is 3. The highest BCUT2D eigenvalue weighted by Gasteiger charge is 2.10. The molecule has 0 spiro atoms. The standard InChI is InChI=1S/C14H31N3/c1-4-16(5-2)13-14(3)15-9-8-12-17-10-6-7-11-17/h14-15H,4-13H2,1-3H3. The smallest absolute Gasteiger partial charge is 0.0166 e. The van der Waals surface area contributed by atoms with Crippen molar-refractivity contribution in [1.29, 1.82) is 0 Å². The number of likely N-dealkylation sites (tertiary alicyclic amines) is 1. The molecule has 0 radical (unpaired) electrons. The predicted octanol–water partition coefficient (Wildman–Crippen LogP) is 1.79. The van der Waals surface area contributed by atoms with Crippen molar-refractivity contribution in [2.24, 2.45) is 0 Å². The lowest BCUT2D eigenvalue weighted by Crippen LogP contribution is -2.40. The maximum Gasteiger partial charge on any atom is 0.0166 e. The van der Waals surface area contributed by atoms with Gasteiger partial charge in [-0.25, -0.2) is 0 Å². The fourth-order valence-corrected chi connectivity index (χ4v) is 2.59. The summed E-state index contributed by atoms with van der Waals surface area (Å²) in [6, 6.07) is 0.619. The van der Waals surface area contributed by atoms with Gasteiger partial charge in [-0.1, -0.05) is 13.8 Å². The lowest BCUT2D eigenvalue weighted by atomic mass is 10.3. The summed E-state index contributed by atoms with van der Waals surface area (Å²) in [6.45, 7) is 15.4. The summed E-state index contributed by atoms with van der Waals surface area (Å²) in [5.74, 6) is 0. The van der Waals surface area contributed by atoms with E-state index in [1.807, 2.05) is 0 Å². The van der Waals surface area contributed by atoms with Crippen molar-refractivity contribution in [3.05, 3.63) is 0 Å². The van der Waals surface area contributed by atoms with Gasteiger partial charge in [0.05, 0.1) is 0 Å². The molecule has 1 aliphatic rings. The van der Waals surface area contributed by atoms with Gasteiger partial charge < -0.3 is 15.1 Å². The third-order valence-electron chi connectivity index (χ3n) is 3.77. The molecule has 1 N–H and O–H groups in total. The molecule has 0 aromatic rings. The average molecular weight is 241 g/mol. The van der Waals surface area contributed by atoms with Crippen molar-refractivity contribution in [3.63, 3.8) is 0 Å². The van der Waals surface area contributed by atoms with Crippen molar-refractivity contribution in [3.8, 4) is 0 Å². The van der Waals surface area contributed by atoms with Crippen molar-refractivity contribution in [1.82, 2.24) is 15.1 Å². The second kappa shape index (κ2) is 8.90. The molecule has 3 heteroatoms. The van der Waals surface area contributed by atoms with E-state index < -0.39 is 0 Å². The molecular weight excluding hydrogens is 210 g/mol. The number of nitrogens with zero attached hydrogens (tertiary/aromatic N) is 2. The molecule has 0 amide bonds. The van der Waals surface area contributed by atoms with Crippen LogP contribution < -0.4 is 5.32 Å². The summed E-state index contributed by atoms with van der Waals surface area (Å²) in [7, 11) is 0. The number of likely N-dealkylation sites (N-methyl/N-ethyl adjacent to an activating group) is 1. The summed E-state index contributed by atoms with van der Waals surface area (Å²) in [6.07, 6.45) is 4.11. The Bertz CT molecular complexity index is 174. The molecule has 1 fully saturated rings. The molecule has 17 heavy (non-hydrogen) atoms. The summed E-state index contributed by atoms with van der Waals surface area (Å²) >= 11 is 0. The molecule has 0 aromatic heterocycles. The molecule has 1 rings (SSSR count). The van der Waals surface area contributed by atoms with Crippen LogP contribution in [0.15, 0.2) is 0 Å². The Kier molecular flexibility index (Phi) is 7.82. The Morgan fingerprint density at radius 1 is 1.18 bits per heavy atom. The van der Waals surface area contributed by atoms with E-state index in [0.717, 1.165) is 13.1 Å². The second-order valence-corrected chi connectivity index (χ2v) is 5.24. The van der Waals surface area contributed by atoms with Crippen LogP contribution in [0.1, 0.15) is 40.0 Å². The van der Waals surface area contributed by atoms with Gasteiger partial charge in [-0.3, -0.25) is 0 Å². The van der Waals surface area contributed by atoms with Crippen molar-refractivity contribution < 1.29 is 0 Å². The molecule has 102 valence electrons. The normalized spacial score (nSPS) is 19.1. The average Bonchev–Trinajstić information content (AvgIpc) is 2.84. The minimum absolute atomic E-state index is 0.619. The summed E-state index contributed by atoms with van der Waals surface area (Å²) in [4.78, 5) is 5.08. The maximum absolute atomic E-state index is 3.64. The molecular formula is C14H31N3. The monoisotopic (exact) mass is 241 g/mol. The second-order valence-electron chi connectivity index (χ2n) is 5.24. The van der Waals surface area contributed by atoms with Crippen molar-refractivity contribution >= 4 is 0 Å². The molecule has 0 aliphatic carbocycles. The third kappa shape index (κ3) is 6.39. The highest BCUT2D eigenvalue weighted by molar-refractivity contribution is 4.69. The zero-order valence-electron chi connectivity index (χ0n) is 12.0. The van der Waals surface area contributed by atoms with E-state index in [0.29, 0.717) is 6.04 Å². The largest absolute Gasteiger partial charge is 0.313 e. The quantitative estimate of drug-likeness (QED) is 0.621. The van der Waals surface area contributed by atoms with Gasteiger partial charge in [0.25, 0.3) is 0 Å². The van der Waals surface area contributed by atoms with Gasteiger partial charge in [0.2, 0.25) is 0 Å². The zero-order chi connectivity index (χ0) is 12.5.